The van der Waals surface area contributed by atoms with Gasteiger partial charge < -0.3 is 25.8 Å². The quantitative estimate of drug-likeness (QED) is 0.0841. The number of anilines is 1. The van der Waals surface area contributed by atoms with Gasteiger partial charge in [-0.15, -0.1) is 22.7 Å². The predicted molar refractivity (Wildman–Crippen MR) is 258 cm³/mol. The highest BCUT2D eigenvalue weighted by molar-refractivity contribution is 9.10. The second kappa shape index (κ2) is 21.8. The number of alkyl carbamates (subject to hydrolysis) is 2. The van der Waals surface area contributed by atoms with Gasteiger partial charge in [-0.25, -0.2) is 45.8 Å². The summed E-state index contributed by atoms with van der Waals surface area (Å²) in [7, 11) is -7.27. The summed E-state index contributed by atoms with van der Waals surface area (Å²) < 4.78 is 67.3. The number of halogens is 1. The molecule has 0 radical (unpaired) electrons. The minimum atomic E-state index is -3.66. The van der Waals surface area contributed by atoms with Gasteiger partial charge in [-0.05, 0) is 117 Å². The summed E-state index contributed by atoms with van der Waals surface area (Å²) in [5, 5.41) is 7.91. The average Bonchev–Trinajstić information content (AvgIpc) is 3.89. The van der Waals surface area contributed by atoms with Crippen molar-refractivity contribution in [2.24, 2.45) is 0 Å². The van der Waals surface area contributed by atoms with E-state index in [0.717, 1.165) is 71.1 Å². The van der Waals surface area contributed by atoms with Crippen molar-refractivity contribution < 1.29 is 35.9 Å². The molecule has 0 bridgehead atoms. The van der Waals surface area contributed by atoms with Crippen molar-refractivity contribution >= 4 is 76.5 Å². The molecule has 2 fully saturated rings. The summed E-state index contributed by atoms with van der Waals surface area (Å²) in [5.41, 5.74) is 6.48. The number of nitrogens with two attached hydrogens (primary N) is 1. The van der Waals surface area contributed by atoms with E-state index in [4.69, 9.17) is 15.2 Å². The lowest BCUT2D eigenvalue weighted by atomic mass is 9.86. The third-order valence-corrected chi connectivity index (χ3v) is 16.4. The van der Waals surface area contributed by atoms with Gasteiger partial charge in [-0.2, -0.15) is 0 Å². The van der Waals surface area contributed by atoms with E-state index in [9.17, 15) is 26.4 Å². The molecule has 6 N–H and O–H groups in total. The molecule has 0 spiro atoms. The van der Waals surface area contributed by atoms with Crippen molar-refractivity contribution in [3.8, 4) is 20.9 Å². The van der Waals surface area contributed by atoms with E-state index in [0.29, 0.717) is 40.3 Å². The normalized spacial score (nSPS) is 19.5. The van der Waals surface area contributed by atoms with Crippen molar-refractivity contribution in [2.75, 3.05) is 18.8 Å². The SMILES string of the molecule is CCNS(=O)(=O)c1cc(Br)ccc1-c1cnc(C2CCC(NC(=O)OC(C)(C)C)CC2)s1.CCNS(=O)(=O)c1cc(N)ccc1-c1cnc(C2CCC(NC(=O)OC(C)(C)C)CC2)s1. The largest absolute Gasteiger partial charge is 0.444 e. The molecule has 20 heteroatoms. The first-order valence-electron chi connectivity index (χ1n) is 21.6. The number of aromatic nitrogens is 2. The Balaban J connectivity index is 0.000000241. The fourth-order valence-electron chi connectivity index (χ4n) is 7.54. The van der Waals surface area contributed by atoms with Crippen LogP contribution in [0.4, 0.5) is 15.3 Å². The van der Waals surface area contributed by atoms with Crippen molar-refractivity contribution in [2.45, 2.75) is 152 Å². The van der Waals surface area contributed by atoms with Crippen LogP contribution in [-0.4, -0.2) is 75.4 Å². The molecule has 352 valence electrons. The summed E-state index contributed by atoms with van der Waals surface area (Å²) in [4.78, 5) is 35.3. The molecular formula is C44H62BrN7O8S4. The third kappa shape index (κ3) is 14.7. The Bertz CT molecular complexity index is 2280. The van der Waals surface area contributed by atoms with Crippen LogP contribution in [0.1, 0.15) is 129 Å². The van der Waals surface area contributed by atoms with Crippen LogP contribution in [-0.2, 0) is 29.5 Å². The first-order chi connectivity index (χ1) is 30.0. The van der Waals surface area contributed by atoms with Gasteiger partial charge in [0, 0.05) is 70.7 Å². The highest BCUT2D eigenvalue weighted by Crippen LogP contribution is 2.41. The lowest BCUT2D eigenvalue weighted by Gasteiger charge is -2.29. The van der Waals surface area contributed by atoms with E-state index >= 15 is 0 Å². The number of rotatable bonds is 12. The maximum atomic E-state index is 12.7. The van der Waals surface area contributed by atoms with Crippen molar-refractivity contribution in [1.82, 2.24) is 30.0 Å². The average molecular weight is 1030 g/mol. The first-order valence-corrected chi connectivity index (χ1v) is 27.0. The van der Waals surface area contributed by atoms with Crippen LogP contribution < -0.4 is 25.8 Å². The number of benzene rings is 2. The highest BCUT2D eigenvalue weighted by atomic mass is 79.9. The summed E-state index contributed by atoms with van der Waals surface area (Å²) in [5.74, 6) is 0.586. The topological polar surface area (TPSA) is 221 Å². The summed E-state index contributed by atoms with van der Waals surface area (Å²) in [6, 6.07) is 10.4. The Hall–Kier alpha value is -3.66. The number of nitrogens with one attached hydrogen (secondary N) is 4. The first kappa shape index (κ1) is 51.3. The Morgan fingerprint density at radius 1 is 0.672 bits per heavy atom. The van der Waals surface area contributed by atoms with E-state index in [1.807, 2.05) is 53.7 Å². The number of hydrogen-bond acceptors (Lipinski definition) is 13. The fraction of sp³-hybridized carbons (Fsp3) is 0.545. The fourth-order valence-corrected chi connectivity index (χ4v) is 13.0. The van der Waals surface area contributed by atoms with Gasteiger partial charge in [0.25, 0.3) is 0 Å². The van der Waals surface area contributed by atoms with E-state index < -0.39 is 31.2 Å². The van der Waals surface area contributed by atoms with Crippen LogP contribution in [0.25, 0.3) is 20.9 Å². The monoisotopic (exact) mass is 1020 g/mol. The molecule has 0 aliphatic heterocycles. The molecule has 2 aromatic carbocycles. The van der Waals surface area contributed by atoms with Gasteiger partial charge in [0.05, 0.1) is 29.6 Å². The molecule has 2 saturated carbocycles. The molecule has 4 aromatic rings. The molecule has 64 heavy (non-hydrogen) atoms. The minimum absolute atomic E-state index is 0.0921. The van der Waals surface area contributed by atoms with Gasteiger partial charge in [0.15, 0.2) is 0 Å². The molecule has 0 saturated heterocycles. The standard InChI is InChI=1S/C22H30BrN3O4S2.C22H32N4O4S2/c2*1-5-25-32(28,29)19-12-15(23)8-11-17(19)18-13-24-20(31-18)14-6-9-16(10-7-14)26-21(27)30-22(2,3)4/h8,11-14,16,25H,5-7,9-10H2,1-4H3,(H,26,27);8,11-14,16,25H,5-7,9-10,23H2,1-4H3,(H,26,27). The molecule has 2 amide bonds. The van der Waals surface area contributed by atoms with Gasteiger partial charge in [0.1, 0.15) is 11.2 Å². The van der Waals surface area contributed by atoms with E-state index in [1.54, 1.807) is 44.4 Å². The van der Waals surface area contributed by atoms with Crippen LogP contribution >= 0.6 is 38.6 Å². The van der Waals surface area contributed by atoms with Crippen molar-refractivity contribution in [1.29, 1.82) is 0 Å². The number of nitrogen functional groups attached to an aromatic ring is 1. The summed E-state index contributed by atoms with van der Waals surface area (Å²) in [6.45, 7) is 15.2. The smallest absolute Gasteiger partial charge is 0.407 e. The Labute approximate surface area is 394 Å². The number of thiazole rings is 2. The van der Waals surface area contributed by atoms with Crippen LogP contribution in [0.3, 0.4) is 0 Å². The predicted octanol–water partition coefficient (Wildman–Crippen LogP) is 9.66. The molecule has 0 unspecified atom stereocenters. The van der Waals surface area contributed by atoms with Crippen LogP contribution in [0.2, 0.25) is 0 Å². The molecule has 2 aromatic heterocycles. The molecule has 15 nitrogen and oxygen atoms in total. The number of sulfonamides is 2. The minimum Gasteiger partial charge on any atom is -0.444 e. The van der Waals surface area contributed by atoms with E-state index in [2.05, 4.69) is 46.0 Å². The molecule has 2 aliphatic carbocycles. The zero-order valence-electron chi connectivity index (χ0n) is 37.7. The van der Waals surface area contributed by atoms with Crippen LogP contribution in [0.5, 0.6) is 0 Å². The lowest BCUT2D eigenvalue weighted by molar-refractivity contribution is 0.0479. The Kier molecular flexibility index (Phi) is 17.5. The zero-order chi connectivity index (χ0) is 47.0. The van der Waals surface area contributed by atoms with Gasteiger partial charge >= 0.3 is 12.2 Å². The lowest BCUT2D eigenvalue weighted by Crippen LogP contribution is -2.40. The highest BCUT2D eigenvalue weighted by Gasteiger charge is 2.30. The van der Waals surface area contributed by atoms with Crippen molar-refractivity contribution in [3.63, 3.8) is 0 Å². The molecule has 0 atom stereocenters. The second-order valence-electron chi connectivity index (χ2n) is 17.9. The molecule has 2 heterocycles. The number of nitrogens with zero attached hydrogens (tertiary/aromatic N) is 2. The van der Waals surface area contributed by atoms with Crippen molar-refractivity contribution in [3.05, 3.63) is 63.3 Å². The van der Waals surface area contributed by atoms with E-state index in [1.165, 1.54) is 28.7 Å². The molecular weight excluding hydrogens is 963 g/mol. The Morgan fingerprint density at radius 2 is 1.06 bits per heavy atom. The number of carbonyl (C=O) groups excluding carboxylic acids is 2. The summed E-state index contributed by atoms with van der Waals surface area (Å²) in [6.07, 6.45) is 9.79. The van der Waals surface area contributed by atoms with Crippen LogP contribution in [0, 0.1) is 0 Å². The Morgan fingerprint density at radius 3 is 1.45 bits per heavy atom. The zero-order valence-corrected chi connectivity index (χ0v) is 42.6. The van der Waals surface area contributed by atoms with Gasteiger partial charge in [-0.1, -0.05) is 41.9 Å². The third-order valence-electron chi connectivity index (χ3n) is 10.4. The number of amides is 2. The maximum absolute atomic E-state index is 12.7. The van der Waals surface area contributed by atoms with Gasteiger partial charge in [-0.3, -0.25) is 0 Å². The number of hydrogen-bond donors (Lipinski definition) is 5. The molecule has 6 rings (SSSR count). The van der Waals surface area contributed by atoms with E-state index in [-0.39, 0.29) is 40.0 Å². The molecule has 2 aliphatic rings. The van der Waals surface area contributed by atoms with Crippen LogP contribution in [0.15, 0.2) is 63.1 Å². The number of ether oxygens (including phenoxy) is 2. The summed E-state index contributed by atoms with van der Waals surface area (Å²) >= 11 is 6.43. The second-order valence-corrected chi connectivity index (χ2v) is 24.4. The number of carbonyl (C=O) groups is 2. The van der Waals surface area contributed by atoms with Gasteiger partial charge in [0.2, 0.25) is 20.0 Å². The maximum Gasteiger partial charge on any atom is 0.407 e.